The monoisotopic (exact) mass is 244 g/mol. The Hall–Kier alpha value is 0.110. The molecule has 5 atom stereocenters. The SMILES string of the molecule is OC[C@H]1OC(OP(O)O)[C@H](O)[C@@H](O)[C@H]1O. The first-order chi connectivity index (χ1) is 6.97. The van der Waals surface area contributed by atoms with Crippen molar-refractivity contribution in [2.45, 2.75) is 30.7 Å². The Labute approximate surface area is 86.3 Å². The molecule has 0 amide bonds. The molecule has 0 saturated carbocycles. The first kappa shape index (κ1) is 13.2. The van der Waals surface area contributed by atoms with E-state index in [0.717, 1.165) is 0 Å². The second-order valence-electron chi connectivity index (χ2n) is 3.06. The molecule has 0 spiro atoms. The van der Waals surface area contributed by atoms with Crippen molar-refractivity contribution in [3.05, 3.63) is 0 Å². The third kappa shape index (κ3) is 3.04. The van der Waals surface area contributed by atoms with Crippen molar-refractivity contribution in [1.29, 1.82) is 0 Å². The summed E-state index contributed by atoms with van der Waals surface area (Å²) < 4.78 is 9.18. The molecule has 1 saturated heterocycles. The van der Waals surface area contributed by atoms with E-state index in [9.17, 15) is 15.3 Å². The van der Waals surface area contributed by atoms with Crippen LogP contribution in [0.1, 0.15) is 0 Å². The highest BCUT2D eigenvalue weighted by molar-refractivity contribution is 7.39. The Morgan fingerprint density at radius 3 is 2.13 bits per heavy atom. The van der Waals surface area contributed by atoms with Crippen LogP contribution in [0.2, 0.25) is 0 Å². The number of ether oxygens (including phenoxy) is 1. The van der Waals surface area contributed by atoms with Crippen molar-refractivity contribution in [3.63, 3.8) is 0 Å². The van der Waals surface area contributed by atoms with Crippen LogP contribution in [0.25, 0.3) is 0 Å². The van der Waals surface area contributed by atoms with E-state index in [1.807, 2.05) is 0 Å². The topological polar surface area (TPSA) is 140 Å². The summed E-state index contributed by atoms with van der Waals surface area (Å²) in [6, 6.07) is 0. The van der Waals surface area contributed by atoms with Gasteiger partial charge in [-0.3, -0.25) is 4.52 Å². The second kappa shape index (κ2) is 5.44. The minimum atomic E-state index is -2.77. The predicted octanol–water partition coefficient (Wildman–Crippen LogP) is -2.99. The molecule has 0 aliphatic carbocycles. The molecule has 1 rings (SSSR count). The quantitative estimate of drug-likeness (QED) is 0.289. The first-order valence-corrected chi connectivity index (χ1v) is 5.29. The molecule has 1 fully saturated rings. The maximum Gasteiger partial charge on any atom is 0.329 e. The Morgan fingerprint density at radius 2 is 1.67 bits per heavy atom. The van der Waals surface area contributed by atoms with E-state index in [0.29, 0.717) is 0 Å². The lowest BCUT2D eigenvalue weighted by Gasteiger charge is -2.39. The van der Waals surface area contributed by atoms with Crippen molar-refractivity contribution in [2.24, 2.45) is 0 Å². The third-order valence-electron chi connectivity index (χ3n) is 2.05. The Morgan fingerprint density at radius 1 is 1.07 bits per heavy atom. The normalized spacial score (nSPS) is 42.2. The van der Waals surface area contributed by atoms with Gasteiger partial charge >= 0.3 is 8.60 Å². The minimum absolute atomic E-state index is 0.598. The zero-order valence-electron chi connectivity index (χ0n) is 7.54. The molecule has 1 heterocycles. The first-order valence-electron chi connectivity index (χ1n) is 4.12. The van der Waals surface area contributed by atoms with E-state index in [1.165, 1.54) is 0 Å². The summed E-state index contributed by atoms with van der Waals surface area (Å²) >= 11 is 0. The van der Waals surface area contributed by atoms with Gasteiger partial charge in [-0.15, -0.1) is 0 Å². The molecule has 0 bridgehead atoms. The highest BCUT2D eigenvalue weighted by Crippen LogP contribution is 2.32. The van der Waals surface area contributed by atoms with E-state index < -0.39 is 45.9 Å². The van der Waals surface area contributed by atoms with Crippen LogP contribution in [0.3, 0.4) is 0 Å². The van der Waals surface area contributed by atoms with Crippen molar-refractivity contribution in [3.8, 4) is 0 Å². The van der Waals surface area contributed by atoms with E-state index in [-0.39, 0.29) is 0 Å². The van der Waals surface area contributed by atoms with Gasteiger partial charge in [0.15, 0.2) is 6.29 Å². The fourth-order valence-corrected chi connectivity index (χ4v) is 1.61. The van der Waals surface area contributed by atoms with Crippen LogP contribution in [-0.4, -0.2) is 67.5 Å². The number of hydrogen-bond donors (Lipinski definition) is 6. The van der Waals surface area contributed by atoms with E-state index >= 15 is 0 Å². The van der Waals surface area contributed by atoms with Crippen LogP contribution in [0.15, 0.2) is 0 Å². The van der Waals surface area contributed by atoms with Gasteiger partial charge < -0.3 is 34.9 Å². The average Bonchev–Trinajstić information content (AvgIpc) is 2.18. The highest BCUT2D eigenvalue weighted by Gasteiger charge is 2.44. The summed E-state index contributed by atoms with van der Waals surface area (Å²) in [4.78, 5) is 17.1. The van der Waals surface area contributed by atoms with Gasteiger partial charge in [0.25, 0.3) is 0 Å². The van der Waals surface area contributed by atoms with Gasteiger partial charge in [0, 0.05) is 0 Å². The van der Waals surface area contributed by atoms with Crippen LogP contribution in [0.5, 0.6) is 0 Å². The van der Waals surface area contributed by atoms with E-state index in [2.05, 4.69) is 4.52 Å². The molecule has 1 aliphatic heterocycles. The number of hydrogen-bond acceptors (Lipinski definition) is 8. The molecular weight excluding hydrogens is 231 g/mol. The minimum Gasteiger partial charge on any atom is -0.394 e. The Kier molecular flexibility index (Phi) is 4.78. The highest BCUT2D eigenvalue weighted by atomic mass is 31.2. The third-order valence-corrected chi connectivity index (χ3v) is 2.44. The zero-order valence-corrected chi connectivity index (χ0v) is 8.44. The molecule has 8 nitrogen and oxygen atoms in total. The summed E-state index contributed by atoms with van der Waals surface area (Å²) in [5.74, 6) is 0. The van der Waals surface area contributed by atoms with Gasteiger partial charge in [-0.05, 0) is 0 Å². The molecule has 0 aromatic carbocycles. The van der Waals surface area contributed by atoms with Crippen LogP contribution >= 0.6 is 8.60 Å². The smallest absolute Gasteiger partial charge is 0.329 e. The molecule has 90 valence electrons. The van der Waals surface area contributed by atoms with Gasteiger partial charge in [-0.25, -0.2) is 0 Å². The zero-order chi connectivity index (χ0) is 11.6. The Balaban J connectivity index is 2.65. The second-order valence-corrected chi connectivity index (χ2v) is 3.77. The summed E-state index contributed by atoms with van der Waals surface area (Å²) in [6.07, 6.45) is -7.32. The maximum atomic E-state index is 9.32. The summed E-state index contributed by atoms with van der Waals surface area (Å²) in [6.45, 7) is -0.598. The standard InChI is InChI=1S/C6H13O8P/c7-1-2-3(8)4(9)5(10)6(13-2)14-15(11)12/h2-12H,1H2/t2-,3+,4+,5-,6?/m1/s1. The van der Waals surface area contributed by atoms with Gasteiger partial charge in [-0.1, -0.05) is 0 Å². The number of rotatable bonds is 3. The lowest BCUT2D eigenvalue weighted by molar-refractivity contribution is -0.278. The number of aliphatic hydroxyl groups is 4. The molecule has 1 aliphatic rings. The lowest BCUT2D eigenvalue weighted by Crippen LogP contribution is -2.58. The molecular formula is C6H13O8P. The van der Waals surface area contributed by atoms with Crippen molar-refractivity contribution >= 4 is 8.60 Å². The van der Waals surface area contributed by atoms with E-state index in [1.54, 1.807) is 0 Å². The Bertz CT molecular complexity index is 200. The predicted molar refractivity (Wildman–Crippen MR) is 46.2 cm³/mol. The average molecular weight is 244 g/mol. The molecule has 0 aromatic rings. The fourth-order valence-electron chi connectivity index (χ4n) is 1.25. The summed E-state index contributed by atoms with van der Waals surface area (Å²) in [7, 11) is -2.77. The van der Waals surface area contributed by atoms with Gasteiger partial charge in [0.2, 0.25) is 0 Å². The molecule has 0 aromatic heterocycles. The van der Waals surface area contributed by atoms with E-state index in [4.69, 9.17) is 19.6 Å². The summed E-state index contributed by atoms with van der Waals surface area (Å²) in [5, 5.41) is 36.7. The fraction of sp³-hybridized carbons (Fsp3) is 1.00. The molecule has 0 radical (unpaired) electrons. The summed E-state index contributed by atoms with van der Waals surface area (Å²) in [5.41, 5.74) is 0. The van der Waals surface area contributed by atoms with Crippen molar-refractivity contribution < 1.29 is 39.5 Å². The molecule has 9 heteroatoms. The van der Waals surface area contributed by atoms with Crippen LogP contribution in [0.4, 0.5) is 0 Å². The van der Waals surface area contributed by atoms with Crippen LogP contribution in [-0.2, 0) is 9.26 Å². The maximum absolute atomic E-state index is 9.32. The van der Waals surface area contributed by atoms with Gasteiger partial charge in [0.05, 0.1) is 6.61 Å². The van der Waals surface area contributed by atoms with Gasteiger partial charge in [0.1, 0.15) is 24.4 Å². The number of aliphatic hydroxyl groups excluding tert-OH is 4. The molecule has 15 heavy (non-hydrogen) atoms. The van der Waals surface area contributed by atoms with Crippen molar-refractivity contribution in [1.82, 2.24) is 0 Å². The van der Waals surface area contributed by atoms with Crippen LogP contribution < -0.4 is 0 Å². The van der Waals surface area contributed by atoms with Crippen molar-refractivity contribution in [2.75, 3.05) is 6.61 Å². The lowest BCUT2D eigenvalue weighted by atomic mass is 10.00. The van der Waals surface area contributed by atoms with Crippen LogP contribution in [0, 0.1) is 0 Å². The largest absolute Gasteiger partial charge is 0.394 e. The van der Waals surface area contributed by atoms with Gasteiger partial charge in [-0.2, -0.15) is 0 Å². The molecule has 6 N–H and O–H groups in total. The molecule has 1 unspecified atom stereocenters.